The number of anilines is 1. The largest absolute Gasteiger partial charge is 0.356 e. The highest BCUT2D eigenvalue weighted by molar-refractivity contribution is 5.97. The van der Waals surface area contributed by atoms with Crippen molar-refractivity contribution in [3.8, 4) is 0 Å². The molecule has 0 bridgehead atoms. The van der Waals surface area contributed by atoms with Crippen LogP contribution in [-0.2, 0) is 35.8 Å². The first-order chi connectivity index (χ1) is 23.6. The van der Waals surface area contributed by atoms with Crippen molar-refractivity contribution in [2.45, 2.75) is 138 Å². The molecule has 0 aliphatic carbocycles. The summed E-state index contributed by atoms with van der Waals surface area (Å²) >= 11 is 0. The Morgan fingerprint density at radius 2 is 1.31 bits per heavy atom. The van der Waals surface area contributed by atoms with Gasteiger partial charge >= 0.3 is 0 Å². The van der Waals surface area contributed by atoms with Gasteiger partial charge in [0.15, 0.2) is 0 Å². The fourth-order valence-corrected chi connectivity index (χ4v) is 6.40. The van der Waals surface area contributed by atoms with Gasteiger partial charge in [-0.25, -0.2) is 0 Å². The first-order valence-electron chi connectivity index (χ1n) is 18.7. The number of ether oxygens (including phenoxy) is 1. The van der Waals surface area contributed by atoms with Crippen LogP contribution in [-0.4, -0.2) is 54.5 Å². The van der Waals surface area contributed by atoms with Crippen molar-refractivity contribution in [3.05, 3.63) is 65.2 Å². The van der Waals surface area contributed by atoms with Crippen molar-refractivity contribution < 1.29 is 23.9 Å². The Kier molecular flexibility index (Phi) is 16.4. The third-order valence-electron chi connectivity index (χ3n) is 9.21. The van der Waals surface area contributed by atoms with E-state index < -0.39 is 16.6 Å². The molecule has 0 radical (unpaired) electrons. The first-order valence-corrected chi connectivity index (χ1v) is 18.7. The average Bonchev–Trinajstić information content (AvgIpc) is 3.02. The van der Waals surface area contributed by atoms with Crippen LogP contribution in [0.25, 0.3) is 0 Å². The summed E-state index contributed by atoms with van der Waals surface area (Å²) < 4.78 is 6.10. The molecule has 0 atom stereocenters. The summed E-state index contributed by atoms with van der Waals surface area (Å²) in [6, 6.07) is 15.9. The number of carbonyl (C=O) groups excluding carboxylic acids is 4. The van der Waals surface area contributed by atoms with Crippen LogP contribution in [0.15, 0.2) is 48.5 Å². The van der Waals surface area contributed by atoms with Gasteiger partial charge in [-0.1, -0.05) is 96.3 Å². The lowest BCUT2D eigenvalue weighted by molar-refractivity contribution is -0.169. The van der Waals surface area contributed by atoms with E-state index >= 15 is 0 Å². The van der Waals surface area contributed by atoms with E-state index in [2.05, 4.69) is 74.1 Å². The number of nitrogens with one attached hydrogen (secondary N) is 4. The van der Waals surface area contributed by atoms with Crippen LogP contribution in [0.2, 0.25) is 0 Å². The molecule has 4 amide bonds. The number of hydrogen-bond acceptors (Lipinski definition) is 5. The number of amides is 4. The lowest BCUT2D eigenvalue weighted by Gasteiger charge is -2.35. The van der Waals surface area contributed by atoms with Gasteiger partial charge in [0.05, 0.1) is 0 Å². The van der Waals surface area contributed by atoms with Gasteiger partial charge in [0.25, 0.3) is 11.8 Å². The molecule has 0 saturated heterocycles. The Morgan fingerprint density at radius 3 is 1.94 bits per heavy atom. The molecule has 0 unspecified atom stereocenters. The topological polar surface area (TPSA) is 126 Å². The summed E-state index contributed by atoms with van der Waals surface area (Å²) in [6.07, 6.45) is 5.70. The molecular weight excluding hydrogens is 640 g/mol. The highest BCUT2D eigenvalue weighted by Gasteiger charge is 2.40. The second-order valence-electron chi connectivity index (χ2n) is 16.7. The third kappa shape index (κ3) is 15.2. The van der Waals surface area contributed by atoms with Gasteiger partial charge in [0, 0.05) is 37.2 Å². The molecule has 0 aliphatic heterocycles. The fourth-order valence-electron chi connectivity index (χ4n) is 6.40. The Balaban J connectivity index is 1.85. The Morgan fingerprint density at radius 1 is 0.706 bits per heavy atom. The molecule has 51 heavy (non-hydrogen) atoms. The molecular formula is C42H66N4O5. The maximum Gasteiger partial charge on any atom is 0.256 e. The Hall–Kier alpha value is -3.72. The molecule has 0 aliphatic rings. The number of unbranched alkanes of at least 4 members (excludes halogenated alkanes) is 1. The minimum absolute atomic E-state index is 0.0467. The van der Waals surface area contributed by atoms with Gasteiger partial charge in [-0.15, -0.1) is 0 Å². The maximum absolute atomic E-state index is 13.3. The Bertz CT molecular complexity index is 1440. The molecule has 0 heterocycles. The van der Waals surface area contributed by atoms with Crippen molar-refractivity contribution in [2.75, 3.05) is 25.0 Å². The zero-order valence-electron chi connectivity index (χ0n) is 33.3. The van der Waals surface area contributed by atoms with Gasteiger partial charge in [-0.05, 0) is 94.9 Å². The van der Waals surface area contributed by atoms with Crippen molar-refractivity contribution in [2.24, 2.45) is 11.3 Å². The highest BCUT2D eigenvalue weighted by Crippen LogP contribution is 2.37. The van der Waals surface area contributed by atoms with Crippen molar-refractivity contribution in [1.29, 1.82) is 0 Å². The third-order valence-corrected chi connectivity index (χ3v) is 9.21. The van der Waals surface area contributed by atoms with Gasteiger partial charge in [-0.2, -0.15) is 0 Å². The minimum Gasteiger partial charge on any atom is -0.356 e. The van der Waals surface area contributed by atoms with Gasteiger partial charge in [0.2, 0.25) is 11.8 Å². The van der Waals surface area contributed by atoms with E-state index in [0.717, 1.165) is 37.7 Å². The lowest BCUT2D eigenvalue weighted by Crippen LogP contribution is -2.52. The van der Waals surface area contributed by atoms with Crippen molar-refractivity contribution in [3.63, 3.8) is 0 Å². The zero-order chi connectivity index (χ0) is 38.5. The number of benzene rings is 2. The van der Waals surface area contributed by atoms with Crippen LogP contribution in [0.5, 0.6) is 0 Å². The average molecular weight is 707 g/mol. The van der Waals surface area contributed by atoms with Crippen molar-refractivity contribution >= 4 is 29.3 Å². The first kappa shape index (κ1) is 43.4. The fraction of sp³-hybridized carbons (Fsp3) is 0.619. The van der Waals surface area contributed by atoms with Gasteiger partial charge in [0.1, 0.15) is 11.2 Å². The molecule has 0 aromatic heterocycles. The van der Waals surface area contributed by atoms with Crippen LogP contribution < -0.4 is 21.3 Å². The summed E-state index contributed by atoms with van der Waals surface area (Å²) in [7, 11) is 0. The maximum atomic E-state index is 13.3. The SMILES string of the molecule is Cc1cccc(CCCNC(=O)C(C)(C)OC(C)(C)C(=O)Nc2ccc(C(C)(C)CC(C)(C)C(=O)NCCC(=O)NCCCCC(C)C)cc2)c1. The smallest absolute Gasteiger partial charge is 0.256 e. The number of carbonyl (C=O) groups is 4. The predicted molar refractivity (Wildman–Crippen MR) is 208 cm³/mol. The predicted octanol–water partition coefficient (Wildman–Crippen LogP) is 7.40. The van der Waals surface area contributed by atoms with E-state index in [1.54, 1.807) is 27.7 Å². The molecule has 2 aromatic rings. The molecule has 2 aromatic carbocycles. The summed E-state index contributed by atoms with van der Waals surface area (Å²) in [6.45, 7) is 22.6. The van der Waals surface area contributed by atoms with E-state index in [0.29, 0.717) is 37.7 Å². The van der Waals surface area contributed by atoms with E-state index in [9.17, 15) is 19.2 Å². The zero-order valence-corrected chi connectivity index (χ0v) is 33.3. The molecule has 9 nitrogen and oxygen atoms in total. The molecule has 4 N–H and O–H groups in total. The van der Waals surface area contributed by atoms with Crippen LogP contribution in [0.4, 0.5) is 5.69 Å². The van der Waals surface area contributed by atoms with Crippen LogP contribution in [0, 0.1) is 18.3 Å². The second-order valence-corrected chi connectivity index (χ2v) is 16.7. The molecule has 2 rings (SSSR count). The standard InChI is InChI=1S/C42H66N4O5/c1-30(2)16-12-13-25-43-35(47)24-27-45-36(48)40(6,7)29-39(4,5)33-20-22-34(23-21-33)46-38(50)42(10,11)51-41(8,9)37(49)44-26-15-19-32-18-14-17-31(3)28-32/h14,17-18,20-23,28,30H,12-13,15-16,19,24-27,29H2,1-11H3,(H,43,47)(H,44,49)(H,45,48)(H,46,50). The second kappa shape index (κ2) is 19.2. The van der Waals surface area contributed by atoms with Gasteiger partial charge in [-0.3, -0.25) is 19.2 Å². The normalized spacial score (nSPS) is 12.4. The number of rotatable bonds is 21. The van der Waals surface area contributed by atoms with Gasteiger partial charge < -0.3 is 26.0 Å². The van der Waals surface area contributed by atoms with Crippen LogP contribution >= 0.6 is 0 Å². The molecule has 284 valence electrons. The van der Waals surface area contributed by atoms with E-state index in [-0.39, 0.29) is 35.5 Å². The van der Waals surface area contributed by atoms with E-state index in [4.69, 9.17) is 4.74 Å². The molecule has 9 heteroatoms. The highest BCUT2D eigenvalue weighted by atomic mass is 16.5. The van der Waals surface area contributed by atoms with Crippen LogP contribution in [0.1, 0.15) is 124 Å². The summed E-state index contributed by atoms with van der Waals surface area (Å²) in [4.78, 5) is 51.6. The van der Waals surface area contributed by atoms with Crippen LogP contribution in [0.3, 0.4) is 0 Å². The monoisotopic (exact) mass is 707 g/mol. The lowest BCUT2D eigenvalue weighted by atomic mass is 9.71. The summed E-state index contributed by atoms with van der Waals surface area (Å²) in [5.41, 5.74) is 0.533. The molecule has 0 spiro atoms. The quantitative estimate of drug-likeness (QED) is 0.101. The summed E-state index contributed by atoms with van der Waals surface area (Å²) in [5, 5.41) is 11.8. The van der Waals surface area contributed by atoms with E-state index in [1.807, 2.05) is 44.2 Å². The summed E-state index contributed by atoms with van der Waals surface area (Å²) in [5.74, 6) is -0.113. The number of hydrogen-bond donors (Lipinski definition) is 4. The van der Waals surface area contributed by atoms with E-state index in [1.165, 1.54) is 11.1 Å². The number of aryl methyl sites for hydroxylation is 2. The van der Waals surface area contributed by atoms with Crippen molar-refractivity contribution in [1.82, 2.24) is 16.0 Å². The molecule has 0 saturated carbocycles. The Labute approximate surface area is 307 Å². The minimum atomic E-state index is -1.29. The molecule has 0 fully saturated rings.